The Kier molecular flexibility index (Phi) is 5.89. The van der Waals surface area contributed by atoms with Crippen molar-refractivity contribution in [3.8, 4) is 5.75 Å². The summed E-state index contributed by atoms with van der Waals surface area (Å²) in [6.07, 6.45) is 1.39. The maximum Gasteiger partial charge on any atom is 0.236 e. The average molecular weight is 390 g/mol. The first kappa shape index (κ1) is 18.4. The van der Waals surface area contributed by atoms with Crippen LogP contribution in [0.1, 0.15) is 24.4 Å². The number of hydrogen-bond donors (Lipinski definition) is 1. The molecule has 0 aliphatic carbocycles. The highest BCUT2D eigenvalue weighted by Crippen LogP contribution is 2.24. The fourth-order valence-electron chi connectivity index (χ4n) is 2.32. The molecule has 9 heteroatoms. The van der Waals surface area contributed by atoms with Crippen molar-refractivity contribution in [3.63, 3.8) is 0 Å². The lowest BCUT2D eigenvalue weighted by atomic mass is 10.2. The van der Waals surface area contributed by atoms with E-state index in [-0.39, 0.29) is 17.8 Å². The summed E-state index contributed by atoms with van der Waals surface area (Å²) < 4.78 is 7.80. The standard InChI is InChI=1S/C17H19N5O2S2/c1-11-5-4-6-13(9-11)24-12(2)15-20-21-17(22(15)3)26-10-14(23)19-16-18-7-8-25-16/h4-9,12H,10H2,1-3H3,(H,18,19,23)/t12-/m1/s1. The van der Waals surface area contributed by atoms with E-state index in [9.17, 15) is 4.79 Å². The zero-order chi connectivity index (χ0) is 18.5. The Morgan fingerprint density at radius 1 is 1.42 bits per heavy atom. The van der Waals surface area contributed by atoms with Crippen molar-refractivity contribution in [2.75, 3.05) is 11.1 Å². The van der Waals surface area contributed by atoms with Crippen LogP contribution in [0.25, 0.3) is 0 Å². The summed E-state index contributed by atoms with van der Waals surface area (Å²) in [4.78, 5) is 16.0. The minimum absolute atomic E-state index is 0.126. The third-order valence-corrected chi connectivity index (χ3v) is 5.25. The molecule has 136 valence electrons. The van der Waals surface area contributed by atoms with Crippen LogP contribution in [-0.2, 0) is 11.8 Å². The van der Waals surface area contributed by atoms with Gasteiger partial charge >= 0.3 is 0 Å². The summed E-state index contributed by atoms with van der Waals surface area (Å²) in [6.45, 7) is 3.95. The Labute approximate surface area is 159 Å². The Morgan fingerprint density at radius 2 is 2.27 bits per heavy atom. The summed E-state index contributed by atoms with van der Waals surface area (Å²) >= 11 is 2.71. The third kappa shape index (κ3) is 4.61. The molecule has 2 aromatic heterocycles. The first-order valence-corrected chi connectivity index (χ1v) is 9.84. The van der Waals surface area contributed by atoms with Gasteiger partial charge < -0.3 is 14.6 Å². The molecule has 1 aromatic carbocycles. The van der Waals surface area contributed by atoms with E-state index in [0.717, 1.165) is 11.3 Å². The molecule has 0 saturated carbocycles. The summed E-state index contributed by atoms with van der Waals surface area (Å²) in [7, 11) is 1.87. The molecule has 1 atom stereocenters. The quantitative estimate of drug-likeness (QED) is 0.623. The number of rotatable bonds is 7. The number of anilines is 1. The molecule has 0 bridgehead atoms. The molecule has 0 unspecified atom stereocenters. The van der Waals surface area contributed by atoms with E-state index in [1.165, 1.54) is 23.1 Å². The minimum atomic E-state index is -0.257. The summed E-state index contributed by atoms with van der Waals surface area (Å²) in [5.41, 5.74) is 1.13. The molecule has 0 aliphatic rings. The van der Waals surface area contributed by atoms with Crippen LogP contribution in [0.2, 0.25) is 0 Å². The molecule has 2 heterocycles. The molecule has 0 saturated heterocycles. The van der Waals surface area contributed by atoms with Crippen LogP contribution in [0.5, 0.6) is 5.75 Å². The van der Waals surface area contributed by atoms with Crippen molar-refractivity contribution < 1.29 is 9.53 Å². The van der Waals surface area contributed by atoms with E-state index in [2.05, 4.69) is 20.5 Å². The smallest absolute Gasteiger partial charge is 0.236 e. The molecule has 0 spiro atoms. The second kappa shape index (κ2) is 8.33. The van der Waals surface area contributed by atoms with Gasteiger partial charge in [-0.05, 0) is 31.5 Å². The lowest BCUT2D eigenvalue weighted by molar-refractivity contribution is -0.113. The van der Waals surface area contributed by atoms with E-state index in [1.807, 2.05) is 55.1 Å². The van der Waals surface area contributed by atoms with Gasteiger partial charge in [0.1, 0.15) is 5.75 Å². The molecular formula is C17H19N5O2S2. The largest absolute Gasteiger partial charge is 0.483 e. The van der Waals surface area contributed by atoms with Gasteiger partial charge in [-0.25, -0.2) is 4.98 Å². The summed E-state index contributed by atoms with van der Waals surface area (Å²) in [6, 6.07) is 7.87. The third-order valence-electron chi connectivity index (χ3n) is 3.55. The molecule has 26 heavy (non-hydrogen) atoms. The van der Waals surface area contributed by atoms with E-state index >= 15 is 0 Å². The van der Waals surface area contributed by atoms with Gasteiger partial charge in [0.05, 0.1) is 5.75 Å². The van der Waals surface area contributed by atoms with Crippen LogP contribution in [0.3, 0.4) is 0 Å². The molecule has 1 amide bonds. The van der Waals surface area contributed by atoms with Crippen molar-refractivity contribution in [1.29, 1.82) is 0 Å². The van der Waals surface area contributed by atoms with Gasteiger partial charge in [0.25, 0.3) is 0 Å². The maximum atomic E-state index is 12.0. The van der Waals surface area contributed by atoms with Crippen LogP contribution >= 0.6 is 23.1 Å². The monoisotopic (exact) mass is 389 g/mol. The SMILES string of the molecule is Cc1cccc(O[C@H](C)c2nnc(SCC(=O)Nc3nccs3)n2C)c1. The predicted octanol–water partition coefficient (Wildman–Crippen LogP) is 3.45. The van der Waals surface area contributed by atoms with E-state index in [4.69, 9.17) is 4.74 Å². The van der Waals surface area contributed by atoms with Gasteiger partial charge in [-0.15, -0.1) is 21.5 Å². The number of amides is 1. The van der Waals surface area contributed by atoms with Gasteiger partial charge in [-0.2, -0.15) is 0 Å². The highest BCUT2D eigenvalue weighted by molar-refractivity contribution is 7.99. The molecule has 1 N–H and O–H groups in total. The number of aryl methyl sites for hydroxylation is 1. The number of thiazole rings is 1. The second-order valence-electron chi connectivity index (χ2n) is 5.65. The fraction of sp³-hybridized carbons (Fsp3) is 0.294. The number of hydrogen-bond acceptors (Lipinski definition) is 7. The van der Waals surface area contributed by atoms with Gasteiger partial charge in [-0.1, -0.05) is 23.9 Å². The molecule has 0 aliphatic heterocycles. The summed E-state index contributed by atoms with van der Waals surface area (Å²) in [5.74, 6) is 1.60. The Hall–Kier alpha value is -2.39. The van der Waals surface area contributed by atoms with Crippen molar-refractivity contribution in [1.82, 2.24) is 19.7 Å². The van der Waals surface area contributed by atoms with Crippen LogP contribution in [-0.4, -0.2) is 31.4 Å². The lowest BCUT2D eigenvalue weighted by Gasteiger charge is -2.14. The molecule has 0 radical (unpaired) electrons. The number of ether oxygens (including phenoxy) is 1. The molecule has 7 nitrogen and oxygen atoms in total. The van der Waals surface area contributed by atoms with Crippen LogP contribution in [0, 0.1) is 6.92 Å². The molecular weight excluding hydrogens is 370 g/mol. The number of nitrogens with one attached hydrogen (secondary N) is 1. The Balaban J connectivity index is 1.59. The van der Waals surface area contributed by atoms with Gasteiger partial charge in [0.15, 0.2) is 22.2 Å². The summed E-state index contributed by atoms with van der Waals surface area (Å²) in [5, 5.41) is 14.2. The number of nitrogens with zero attached hydrogens (tertiary/aromatic N) is 4. The number of carbonyl (C=O) groups excluding carboxylic acids is 1. The zero-order valence-electron chi connectivity index (χ0n) is 14.7. The Bertz CT molecular complexity index is 879. The number of benzene rings is 1. The van der Waals surface area contributed by atoms with Gasteiger partial charge in [-0.3, -0.25) is 4.79 Å². The molecule has 0 fully saturated rings. The van der Waals surface area contributed by atoms with Crippen LogP contribution < -0.4 is 10.1 Å². The number of aromatic nitrogens is 4. The zero-order valence-corrected chi connectivity index (χ0v) is 16.3. The normalized spacial score (nSPS) is 12.0. The van der Waals surface area contributed by atoms with Crippen LogP contribution in [0.15, 0.2) is 41.0 Å². The minimum Gasteiger partial charge on any atom is -0.483 e. The molecule has 3 rings (SSSR count). The number of thioether (sulfide) groups is 1. The van der Waals surface area contributed by atoms with E-state index in [1.54, 1.807) is 6.20 Å². The first-order chi connectivity index (χ1) is 12.5. The topological polar surface area (TPSA) is 81.9 Å². The number of carbonyl (C=O) groups is 1. The van der Waals surface area contributed by atoms with Crippen molar-refractivity contribution in [2.24, 2.45) is 7.05 Å². The van der Waals surface area contributed by atoms with Gasteiger partial charge in [0.2, 0.25) is 5.91 Å². The van der Waals surface area contributed by atoms with E-state index < -0.39 is 0 Å². The van der Waals surface area contributed by atoms with Crippen LogP contribution in [0.4, 0.5) is 5.13 Å². The highest BCUT2D eigenvalue weighted by Gasteiger charge is 2.18. The first-order valence-electron chi connectivity index (χ1n) is 7.97. The second-order valence-corrected chi connectivity index (χ2v) is 7.49. The predicted molar refractivity (Wildman–Crippen MR) is 103 cm³/mol. The van der Waals surface area contributed by atoms with Crippen molar-refractivity contribution in [2.45, 2.75) is 25.1 Å². The highest BCUT2D eigenvalue weighted by atomic mass is 32.2. The van der Waals surface area contributed by atoms with Crippen molar-refractivity contribution in [3.05, 3.63) is 47.2 Å². The Morgan fingerprint density at radius 3 is 3.00 bits per heavy atom. The van der Waals surface area contributed by atoms with Crippen molar-refractivity contribution >= 4 is 34.1 Å². The fourth-order valence-corrected chi connectivity index (χ4v) is 3.59. The average Bonchev–Trinajstić information content (AvgIpc) is 3.23. The van der Waals surface area contributed by atoms with Gasteiger partial charge in [0, 0.05) is 18.6 Å². The molecule has 3 aromatic rings. The van der Waals surface area contributed by atoms with E-state index in [0.29, 0.717) is 16.1 Å². The lowest BCUT2D eigenvalue weighted by Crippen LogP contribution is -2.14. The maximum absolute atomic E-state index is 12.0.